The quantitative estimate of drug-likeness (QED) is 0.598. The zero-order valence-corrected chi connectivity index (χ0v) is 8.54. The van der Waals surface area contributed by atoms with Gasteiger partial charge in [0, 0.05) is 4.75 Å². The maximum absolute atomic E-state index is 4.61. The van der Waals surface area contributed by atoms with E-state index in [0.717, 1.165) is 5.92 Å². The van der Waals surface area contributed by atoms with Crippen molar-refractivity contribution in [1.29, 1.82) is 0 Å². The van der Waals surface area contributed by atoms with Gasteiger partial charge in [0.25, 0.3) is 0 Å². The van der Waals surface area contributed by atoms with Crippen LogP contribution < -0.4 is 0 Å². The number of hydrogen-bond donors (Lipinski definition) is 1. The molecule has 0 radical (unpaired) electrons. The van der Waals surface area contributed by atoms with Crippen LogP contribution in [-0.2, 0) is 0 Å². The average Bonchev–Trinajstić information content (AvgIpc) is 1.59. The molecule has 0 fully saturated rings. The maximum Gasteiger partial charge on any atom is 0.0104 e. The van der Waals surface area contributed by atoms with Gasteiger partial charge in [-0.3, -0.25) is 0 Å². The van der Waals surface area contributed by atoms with E-state index in [1.165, 1.54) is 19.3 Å². The molecule has 0 spiro atoms. The third-order valence-electron chi connectivity index (χ3n) is 1.64. The van der Waals surface area contributed by atoms with Gasteiger partial charge in [-0.1, -0.05) is 34.1 Å². The summed E-state index contributed by atoms with van der Waals surface area (Å²) < 4.78 is 0.267. The molecule has 0 saturated heterocycles. The zero-order valence-electron chi connectivity index (χ0n) is 7.65. The van der Waals surface area contributed by atoms with Crippen molar-refractivity contribution in [3.8, 4) is 0 Å². The van der Waals surface area contributed by atoms with Gasteiger partial charge in [-0.2, -0.15) is 12.6 Å². The van der Waals surface area contributed by atoms with Crippen molar-refractivity contribution in [3.05, 3.63) is 0 Å². The van der Waals surface area contributed by atoms with E-state index in [4.69, 9.17) is 0 Å². The van der Waals surface area contributed by atoms with Crippen LogP contribution in [0.4, 0.5) is 0 Å². The molecule has 0 bridgehead atoms. The molecule has 0 nitrogen and oxygen atoms in total. The fourth-order valence-electron chi connectivity index (χ4n) is 1.52. The summed E-state index contributed by atoms with van der Waals surface area (Å²) in [6, 6.07) is 0. The number of rotatable bonds is 4. The van der Waals surface area contributed by atoms with E-state index in [-0.39, 0.29) is 4.75 Å². The molecule has 0 aromatic heterocycles. The largest absolute Gasteiger partial charge is 0.173 e. The van der Waals surface area contributed by atoms with E-state index in [0.29, 0.717) is 0 Å². The molecule has 1 heteroatoms. The van der Waals surface area contributed by atoms with Crippen molar-refractivity contribution in [1.82, 2.24) is 0 Å². The second-order valence-electron chi connectivity index (χ2n) is 3.84. The Balaban J connectivity index is 3.63. The molecule has 0 aromatic carbocycles. The predicted molar refractivity (Wildman–Crippen MR) is 51.8 cm³/mol. The van der Waals surface area contributed by atoms with Crippen LogP contribution >= 0.6 is 12.6 Å². The molecule has 0 aliphatic carbocycles. The third-order valence-corrected chi connectivity index (χ3v) is 2.04. The molecule has 0 rings (SSSR count). The fourth-order valence-corrected chi connectivity index (χ4v) is 2.11. The molecule has 0 heterocycles. The first kappa shape index (κ1) is 10.3. The normalized spacial score (nSPS) is 17.4. The molecule has 0 aromatic rings. The summed E-state index contributed by atoms with van der Waals surface area (Å²) in [6.45, 7) is 8.96. The number of hydrogen-bond acceptors (Lipinski definition) is 1. The lowest BCUT2D eigenvalue weighted by Crippen LogP contribution is -2.18. The van der Waals surface area contributed by atoms with Gasteiger partial charge in [-0.25, -0.2) is 0 Å². The fraction of sp³-hybridized carbons (Fsp3) is 1.00. The standard InChI is InChI=1S/C9H20S/c1-5-6-9(4,10)7-8(2)3/h8,10H,5-7H2,1-4H3. The van der Waals surface area contributed by atoms with Crippen molar-refractivity contribution in [2.75, 3.05) is 0 Å². The Kier molecular flexibility index (Phi) is 4.42. The predicted octanol–water partition coefficient (Wildman–Crippen LogP) is 3.52. The van der Waals surface area contributed by atoms with Gasteiger partial charge >= 0.3 is 0 Å². The van der Waals surface area contributed by atoms with E-state index in [9.17, 15) is 0 Å². The first-order valence-electron chi connectivity index (χ1n) is 4.20. The van der Waals surface area contributed by atoms with Crippen molar-refractivity contribution >= 4 is 12.6 Å². The lowest BCUT2D eigenvalue weighted by molar-refractivity contribution is 0.453. The summed E-state index contributed by atoms with van der Waals surface area (Å²) in [5.41, 5.74) is 0. The Morgan fingerprint density at radius 2 is 1.90 bits per heavy atom. The summed E-state index contributed by atoms with van der Waals surface area (Å²) in [7, 11) is 0. The summed E-state index contributed by atoms with van der Waals surface area (Å²) in [4.78, 5) is 0. The molecular formula is C9H20S. The Bertz CT molecular complexity index is 84.7. The zero-order chi connectivity index (χ0) is 8.20. The highest BCUT2D eigenvalue weighted by Gasteiger charge is 2.18. The van der Waals surface area contributed by atoms with Crippen LogP contribution in [0, 0.1) is 5.92 Å². The average molecular weight is 160 g/mol. The Labute approximate surface area is 70.8 Å². The molecule has 0 aliphatic heterocycles. The second kappa shape index (κ2) is 4.27. The molecular weight excluding hydrogens is 140 g/mol. The van der Waals surface area contributed by atoms with Gasteiger partial charge < -0.3 is 0 Å². The summed E-state index contributed by atoms with van der Waals surface area (Å²) in [6.07, 6.45) is 3.70. The molecule has 62 valence electrons. The Morgan fingerprint density at radius 1 is 1.40 bits per heavy atom. The van der Waals surface area contributed by atoms with Crippen molar-refractivity contribution < 1.29 is 0 Å². The monoisotopic (exact) mass is 160 g/mol. The van der Waals surface area contributed by atoms with Crippen molar-refractivity contribution in [2.45, 2.75) is 51.7 Å². The SMILES string of the molecule is CCCC(C)(S)CC(C)C. The molecule has 0 saturated carbocycles. The van der Waals surface area contributed by atoms with Crippen LogP contribution in [0.3, 0.4) is 0 Å². The van der Waals surface area contributed by atoms with Crippen LogP contribution in [0.5, 0.6) is 0 Å². The van der Waals surface area contributed by atoms with E-state index in [2.05, 4.69) is 40.3 Å². The highest BCUT2D eigenvalue weighted by atomic mass is 32.1. The minimum atomic E-state index is 0.267. The van der Waals surface area contributed by atoms with Crippen LogP contribution in [-0.4, -0.2) is 4.75 Å². The molecule has 0 aliphatic rings. The lowest BCUT2D eigenvalue weighted by atomic mass is 9.94. The molecule has 1 atom stereocenters. The summed E-state index contributed by atoms with van der Waals surface area (Å²) >= 11 is 4.61. The van der Waals surface area contributed by atoms with Gasteiger partial charge in [0.15, 0.2) is 0 Å². The van der Waals surface area contributed by atoms with Crippen LogP contribution in [0.2, 0.25) is 0 Å². The maximum atomic E-state index is 4.61. The Morgan fingerprint density at radius 3 is 2.20 bits per heavy atom. The Hall–Kier alpha value is 0.350. The first-order valence-corrected chi connectivity index (χ1v) is 4.65. The number of thiol groups is 1. The molecule has 10 heavy (non-hydrogen) atoms. The molecule has 0 amide bonds. The van der Waals surface area contributed by atoms with Gasteiger partial charge in [0.05, 0.1) is 0 Å². The van der Waals surface area contributed by atoms with Crippen molar-refractivity contribution in [2.24, 2.45) is 5.92 Å². The van der Waals surface area contributed by atoms with E-state index >= 15 is 0 Å². The van der Waals surface area contributed by atoms with Gasteiger partial charge in [-0.05, 0) is 18.8 Å². The van der Waals surface area contributed by atoms with E-state index in [1.807, 2.05) is 0 Å². The van der Waals surface area contributed by atoms with Crippen LogP contribution in [0.15, 0.2) is 0 Å². The van der Waals surface area contributed by atoms with Crippen molar-refractivity contribution in [3.63, 3.8) is 0 Å². The minimum Gasteiger partial charge on any atom is -0.173 e. The van der Waals surface area contributed by atoms with Gasteiger partial charge in [0.1, 0.15) is 0 Å². The van der Waals surface area contributed by atoms with Gasteiger partial charge in [-0.15, -0.1) is 0 Å². The summed E-state index contributed by atoms with van der Waals surface area (Å²) in [5.74, 6) is 0.772. The van der Waals surface area contributed by atoms with Crippen LogP contribution in [0.1, 0.15) is 47.0 Å². The highest BCUT2D eigenvalue weighted by Crippen LogP contribution is 2.27. The first-order chi connectivity index (χ1) is 4.48. The third kappa shape index (κ3) is 5.16. The highest BCUT2D eigenvalue weighted by molar-refractivity contribution is 7.81. The lowest BCUT2D eigenvalue weighted by Gasteiger charge is -2.24. The molecule has 0 N–H and O–H groups in total. The summed E-state index contributed by atoms with van der Waals surface area (Å²) in [5, 5.41) is 0. The second-order valence-corrected chi connectivity index (χ2v) is 4.92. The smallest absolute Gasteiger partial charge is 0.0104 e. The van der Waals surface area contributed by atoms with Gasteiger partial charge in [0.2, 0.25) is 0 Å². The van der Waals surface area contributed by atoms with E-state index < -0.39 is 0 Å². The van der Waals surface area contributed by atoms with Crippen LogP contribution in [0.25, 0.3) is 0 Å². The molecule has 1 unspecified atom stereocenters. The minimum absolute atomic E-state index is 0.267. The topological polar surface area (TPSA) is 0 Å². The van der Waals surface area contributed by atoms with E-state index in [1.54, 1.807) is 0 Å².